The molecule has 0 N–H and O–H groups in total. The fourth-order valence-electron chi connectivity index (χ4n) is 0.802. The number of hydrogen-bond acceptors (Lipinski definition) is 1. The molecule has 1 unspecified atom stereocenters. The molecular weight excluding hydrogens is 146 g/mol. The van der Waals surface area contributed by atoms with Crippen molar-refractivity contribution in [2.45, 2.75) is 34.1 Å². The lowest BCUT2D eigenvalue weighted by molar-refractivity contribution is 0.501. The van der Waals surface area contributed by atoms with E-state index in [4.69, 9.17) is 5.26 Å². The molecule has 0 heterocycles. The van der Waals surface area contributed by atoms with Crippen LogP contribution in [0.2, 0.25) is 0 Å². The molecule has 12 heavy (non-hydrogen) atoms. The standard InChI is InChI=1S/C11H19N/c1-5-11(8-12)7-6-10(4)9(2)3/h6-7,9-11H,5H2,1-4H3/b7-6-/t10-,11?/m0/s1. The van der Waals surface area contributed by atoms with Crippen molar-refractivity contribution in [3.05, 3.63) is 12.2 Å². The van der Waals surface area contributed by atoms with Crippen molar-refractivity contribution in [3.63, 3.8) is 0 Å². The van der Waals surface area contributed by atoms with Crippen LogP contribution in [-0.4, -0.2) is 0 Å². The van der Waals surface area contributed by atoms with Crippen LogP contribution in [0.4, 0.5) is 0 Å². The van der Waals surface area contributed by atoms with Crippen molar-refractivity contribution in [1.82, 2.24) is 0 Å². The molecule has 0 bridgehead atoms. The Morgan fingerprint density at radius 2 is 1.83 bits per heavy atom. The summed E-state index contributed by atoms with van der Waals surface area (Å²) < 4.78 is 0. The Kier molecular flexibility index (Phi) is 5.45. The molecule has 0 aromatic carbocycles. The lowest BCUT2D eigenvalue weighted by Crippen LogP contribution is -2.00. The van der Waals surface area contributed by atoms with Crippen molar-refractivity contribution in [3.8, 4) is 6.07 Å². The summed E-state index contributed by atoms with van der Waals surface area (Å²) >= 11 is 0. The van der Waals surface area contributed by atoms with E-state index in [0.29, 0.717) is 11.8 Å². The quantitative estimate of drug-likeness (QED) is 0.586. The van der Waals surface area contributed by atoms with Gasteiger partial charge >= 0.3 is 0 Å². The van der Waals surface area contributed by atoms with Crippen LogP contribution in [0.1, 0.15) is 34.1 Å². The van der Waals surface area contributed by atoms with Crippen LogP contribution >= 0.6 is 0 Å². The highest BCUT2D eigenvalue weighted by Crippen LogP contribution is 2.13. The van der Waals surface area contributed by atoms with E-state index in [2.05, 4.69) is 32.9 Å². The number of rotatable bonds is 4. The van der Waals surface area contributed by atoms with Gasteiger partial charge in [0.2, 0.25) is 0 Å². The number of hydrogen-bond donors (Lipinski definition) is 0. The van der Waals surface area contributed by atoms with E-state index in [1.54, 1.807) is 0 Å². The van der Waals surface area contributed by atoms with E-state index < -0.39 is 0 Å². The summed E-state index contributed by atoms with van der Waals surface area (Å²) in [4.78, 5) is 0. The predicted molar refractivity (Wildman–Crippen MR) is 52.5 cm³/mol. The first-order valence-corrected chi connectivity index (χ1v) is 4.69. The molecule has 1 nitrogen and oxygen atoms in total. The molecule has 1 heteroatoms. The van der Waals surface area contributed by atoms with E-state index in [9.17, 15) is 0 Å². The Morgan fingerprint density at radius 1 is 1.25 bits per heavy atom. The third-order valence-electron chi connectivity index (χ3n) is 2.30. The van der Waals surface area contributed by atoms with Gasteiger partial charge in [0.05, 0.1) is 12.0 Å². The second-order valence-electron chi connectivity index (χ2n) is 3.63. The molecule has 68 valence electrons. The van der Waals surface area contributed by atoms with Gasteiger partial charge in [0.25, 0.3) is 0 Å². The van der Waals surface area contributed by atoms with Crippen LogP contribution in [0, 0.1) is 29.1 Å². The zero-order valence-corrected chi connectivity index (χ0v) is 8.54. The third-order valence-corrected chi connectivity index (χ3v) is 2.30. The van der Waals surface area contributed by atoms with Gasteiger partial charge in [-0.25, -0.2) is 0 Å². The Labute approximate surface area is 76.1 Å². The van der Waals surface area contributed by atoms with E-state index in [0.717, 1.165) is 6.42 Å². The molecule has 0 aliphatic rings. The summed E-state index contributed by atoms with van der Waals surface area (Å²) in [6.45, 7) is 8.62. The van der Waals surface area contributed by atoms with Gasteiger partial charge in [0.15, 0.2) is 0 Å². The minimum absolute atomic E-state index is 0.103. The molecule has 0 spiro atoms. The van der Waals surface area contributed by atoms with Crippen LogP contribution in [0.3, 0.4) is 0 Å². The summed E-state index contributed by atoms with van der Waals surface area (Å²) in [5.41, 5.74) is 0. The smallest absolute Gasteiger partial charge is 0.0697 e. The summed E-state index contributed by atoms with van der Waals surface area (Å²) in [6.07, 6.45) is 5.10. The molecule has 0 radical (unpaired) electrons. The van der Waals surface area contributed by atoms with Crippen LogP contribution in [0.25, 0.3) is 0 Å². The van der Waals surface area contributed by atoms with Crippen LogP contribution < -0.4 is 0 Å². The van der Waals surface area contributed by atoms with Crippen LogP contribution in [0.15, 0.2) is 12.2 Å². The third kappa shape index (κ3) is 4.18. The van der Waals surface area contributed by atoms with Crippen molar-refractivity contribution in [2.24, 2.45) is 17.8 Å². The van der Waals surface area contributed by atoms with Crippen LogP contribution in [0.5, 0.6) is 0 Å². The van der Waals surface area contributed by atoms with Gasteiger partial charge in [-0.15, -0.1) is 0 Å². The summed E-state index contributed by atoms with van der Waals surface area (Å²) in [5, 5.41) is 8.68. The second kappa shape index (κ2) is 5.83. The Bertz CT molecular complexity index is 174. The maximum absolute atomic E-state index is 8.68. The van der Waals surface area contributed by atoms with Crippen molar-refractivity contribution in [1.29, 1.82) is 5.26 Å². The van der Waals surface area contributed by atoms with Crippen molar-refractivity contribution < 1.29 is 0 Å². The Balaban J connectivity index is 3.97. The molecule has 0 aromatic heterocycles. The molecule has 2 atom stereocenters. The molecule has 0 amide bonds. The molecular formula is C11H19N. The van der Waals surface area contributed by atoms with Gasteiger partial charge in [-0.05, 0) is 18.3 Å². The lowest BCUT2D eigenvalue weighted by Gasteiger charge is -2.10. The topological polar surface area (TPSA) is 23.8 Å². The van der Waals surface area contributed by atoms with E-state index in [1.807, 2.05) is 13.0 Å². The molecule has 0 rings (SSSR count). The van der Waals surface area contributed by atoms with Gasteiger partial charge < -0.3 is 0 Å². The molecule has 0 aliphatic heterocycles. The minimum atomic E-state index is 0.103. The normalized spacial score (nSPS) is 16.3. The number of nitriles is 1. The maximum atomic E-state index is 8.68. The second-order valence-corrected chi connectivity index (χ2v) is 3.63. The summed E-state index contributed by atoms with van der Waals surface area (Å²) in [5.74, 6) is 1.34. The fraction of sp³-hybridized carbons (Fsp3) is 0.727. The highest BCUT2D eigenvalue weighted by atomic mass is 14.3. The summed E-state index contributed by atoms with van der Waals surface area (Å²) in [6, 6.07) is 2.26. The minimum Gasteiger partial charge on any atom is -0.198 e. The first kappa shape index (κ1) is 11.2. The molecule has 0 fully saturated rings. The van der Waals surface area contributed by atoms with Crippen molar-refractivity contribution in [2.75, 3.05) is 0 Å². The van der Waals surface area contributed by atoms with Gasteiger partial charge in [0, 0.05) is 0 Å². The van der Waals surface area contributed by atoms with E-state index >= 15 is 0 Å². The maximum Gasteiger partial charge on any atom is 0.0697 e. The fourth-order valence-corrected chi connectivity index (χ4v) is 0.802. The molecule has 0 saturated heterocycles. The molecule has 0 saturated carbocycles. The summed E-state index contributed by atoms with van der Waals surface area (Å²) in [7, 11) is 0. The van der Waals surface area contributed by atoms with E-state index in [-0.39, 0.29) is 5.92 Å². The average Bonchev–Trinajstić information content (AvgIpc) is 2.05. The Morgan fingerprint density at radius 3 is 2.17 bits per heavy atom. The monoisotopic (exact) mass is 165 g/mol. The average molecular weight is 165 g/mol. The largest absolute Gasteiger partial charge is 0.198 e. The SMILES string of the molecule is CCC(C#N)/C=C\[C@H](C)C(C)C. The number of allylic oxidation sites excluding steroid dienone is 2. The Hall–Kier alpha value is -0.770. The zero-order valence-electron chi connectivity index (χ0n) is 8.54. The zero-order chi connectivity index (χ0) is 9.56. The van der Waals surface area contributed by atoms with Gasteiger partial charge in [-0.3, -0.25) is 0 Å². The van der Waals surface area contributed by atoms with Crippen LogP contribution in [-0.2, 0) is 0 Å². The predicted octanol–water partition coefficient (Wildman–Crippen LogP) is 3.38. The van der Waals surface area contributed by atoms with Gasteiger partial charge in [-0.2, -0.15) is 5.26 Å². The highest BCUT2D eigenvalue weighted by Gasteiger charge is 2.03. The van der Waals surface area contributed by atoms with Gasteiger partial charge in [0.1, 0.15) is 0 Å². The number of nitrogens with zero attached hydrogens (tertiary/aromatic N) is 1. The molecule has 0 aliphatic carbocycles. The van der Waals surface area contributed by atoms with Gasteiger partial charge in [-0.1, -0.05) is 39.8 Å². The highest BCUT2D eigenvalue weighted by molar-refractivity contribution is 5.01. The first-order chi connectivity index (χ1) is 5.61. The van der Waals surface area contributed by atoms with E-state index in [1.165, 1.54) is 0 Å². The van der Waals surface area contributed by atoms with Crippen molar-refractivity contribution >= 4 is 0 Å². The lowest BCUT2D eigenvalue weighted by atomic mass is 9.95. The first-order valence-electron chi connectivity index (χ1n) is 4.69. The molecule has 0 aromatic rings.